The molecule has 0 atom stereocenters. The van der Waals surface area contributed by atoms with E-state index in [0.717, 1.165) is 43.5 Å². The minimum atomic E-state index is -0.0267. The molecule has 0 aliphatic heterocycles. The second-order valence-electron chi connectivity index (χ2n) is 9.02. The number of ether oxygens (including phenoxy) is 1. The number of para-hydroxylation sites is 1. The van der Waals surface area contributed by atoms with Gasteiger partial charge in [0.2, 0.25) is 5.91 Å². The number of hydrogen-bond donors (Lipinski definition) is 2. The first-order valence-electron chi connectivity index (χ1n) is 11.4. The second kappa shape index (κ2) is 8.39. The second-order valence-corrected chi connectivity index (χ2v) is 9.02. The van der Waals surface area contributed by atoms with Crippen molar-refractivity contribution in [2.24, 2.45) is 0 Å². The molecule has 3 aromatic rings. The predicted molar refractivity (Wildman–Crippen MR) is 123 cm³/mol. The first-order valence-corrected chi connectivity index (χ1v) is 11.4. The molecular weight excluding hydrogens is 386 g/mol. The summed E-state index contributed by atoms with van der Waals surface area (Å²) in [6, 6.07) is 17.3. The Morgan fingerprint density at radius 1 is 1.13 bits per heavy atom. The third-order valence-electron chi connectivity index (χ3n) is 6.82. The summed E-state index contributed by atoms with van der Waals surface area (Å²) >= 11 is 0. The summed E-state index contributed by atoms with van der Waals surface area (Å²) in [5, 5.41) is 8.23. The van der Waals surface area contributed by atoms with Gasteiger partial charge in [0.25, 0.3) is 0 Å². The van der Waals surface area contributed by atoms with Crippen molar-refractivity contribution in [2.45, 2.75) is 63.2 Å². The summed E-state index contributed by atoms with van der Waals surface area (Å²) < 4.78 is 7.58. The first-order chi connectivity index (χ1) is 15.2. The molecule has 5 heteroatoms. The van der Waals surface area contributed by atoms with E-state index in [1.807, 2.05) is 12.1 Å². The number of fused-ring (bicyclic) bond motifs is 1. The van der Waals surface area contributed by atoms with Gasteiger partial charge in [-0.2, -0.15) is 0 Å². The Morgan fingerprint density at radius 2 is 1.94 bits per heavy atom. The van der Waals surface area contributed by atoms with E-state index in [2.05, 4.69) is 57.8 Å². The summed E-state index contributed by atoms with van der Waals surface area (Å²) in [5.41, 5.74) is 3.63. The van der Waals surface area contributed by atoms with Crippen LogP contribution in [0.5, 0.6) is 5.75 Å². The summed E-state index contributed by atoms with van der Waals surface area (Å²) in [6.07, 6.45) is 9.09. The fourth-order valence-electron chi connectivity index (χ4n) is 4.98. The van der Waals surface area contributed by atoms with Crippen molar-refractivity contribution < 1.29 is 9.53 Å². The zero-order valence-corrected chi connectivity index (χ0v) is 18.2. The van der Waals surface area contributed by atoms with Crippen LogP contribution in [0.15, 0.2) is 54.7 Å². The van der Waals surface area contributed by atoms with Crippen molar-refractivity contribution in [1.29, 1.82) is 0 Å². The van der Waals surface area contributed by atoms with Crippen LogP contribution in [0.3, 0.4) is 0 Å². The number of carbonyl (C=O) groups excluding carboxylic acids is 1. The molecule has 2 aliphatic carbocycles. The molecular formula is C26H31N3O2. The van der Waals surface area contributed by atoms with Gasteiger partial charge in [-0.1, -0.05) is 43.2 Å². The normalized spacial score (nSPS) is 17.7. The largest absolute Gasteiger partial charge is 0.497 e. The predicted octanol–water partition coefficient (Wildman–Crippen LogP) is 4.49. The monoisotopic (exact) mass is 417 g/mol. The van der Waals surface area contributed by atoms with Crippen LogP contribution in [0, 0.1) is 0 Å². The van der Waals surface area contributed by atoms with Gasteiger partial charge in [-0.25, -0.2) is 0 Å². The maximum Gasteiger partial charge on any atom is 0.240 e. The molecule has 0 saturated heterocycles. The molecule has 0 radical (unpaired) electrons. The molecule has 2 aliphatic rings. The Kier molecular flexibility index (Phi) is 5.45. The average Bonchev–Trinajstić information content (AvgIpc) is 3.35. The minimum absolute atomic E-state index is 0.0267. The van der Waals surface area contributed by atoms with Gasteiger partial charge in [0, 0.05) is 35.2 Å². The summed E-state index contributed by atoms with van der Waals surface area (Å²) in [6.45, 7) is 1.15. The van der Waals surface area contributed by atoms with Crippen LogP contribution in [0.25, 0.3) is 10.9 Å². The van der Waals surface area contributed by atoms with Crippen LogP contribution in [0.1, 0.15) is 49.7 Å². The number of aromatic nitrogens is 1. The van der Waals surface area contributed by atoms with E-state index >= 15 is 0 Å². The number of amides is 1. The van der Waals surface area contributed by atoms with Gasteiger partial charge < -0.3 is 19.9 Å². The lowest BCUT2D eigenvalue weighted by Crippen LogP contribution is -2.39. The van der Waals surface area contributed by atoms with Gasteiger partial charge in [-0.15, -0.1) is 0 Å². The number of rotatable bonds is 8. The summed E-state index contributed by atoms with van der Waals surface area (Å²) in [4.78, 5) is 12.4. The van der Waals surface area contributed by atoms with Crippen LogP contribution in [-0.2, 0) is 23.4 Å². The van der Waals surface area contributed by atoms with Crippen LogP contribution in [-0.4, -0.2) is 23.6 Å². The third-order valence-corrected chi connectivity index (χ3v) is 6.82. The highest BCUT2D eigenvalue weighted by atomic mass is 16.5. The van der Waals surface area contributed by atoms with Crippen molar-refractivity contribution in [3.63, 3.8) is 0 Å². The number of nitrogens with zero attached hydrogens (tertiary/aromatic N) is 1. The fraction of sp³-hybridized carbons (Fsp3) is 0.423. The quantitative estimate of drug-likeness (QED) is 0.568. The van der Waals surface area contributed by atoms with Crippen LogP contribution >= 0.6 is 0 Å². The molecule has 162 valence electrons. The van der Waals surface area contributed by atoms with E-state index in [1.165, 1.54) is 29.4 Å². The highest BCUT2D eigenvalue weighted by molar-refractivity contribution is 5.86. The molecule has 1 aromatic heterocycles. The third kappa shape index (κ3) is 4.19. The molecule has 1 heterocycles. The van der Waals surface area contributed by atoms with Gasteiger partial charge in [-0.3, -0.25) is 4.79 Å². The highest BCUT2D eigenvalue weighted by Crippen LogP contribution is 2.40. The van der Waals surface area contributed by atoms with E-state index < -0.39 is 0 Å². The van der Waals surface area contributed by atoms with Crippen LogP contribution in [0.2, 0.25) is 0 Å². The lowest BCUT2D eigenvalue weighted by atomic mass is 9.87. The van der Waals surface area contributed by atoms with Gasteiger partial charge in [0.05, 0.1) is 7.11 Å². The molecule has 2 N–H and O–H groups in total. The van der Waals surface area contributed by atoms with E-state index in [-0.39, 0.29) is 11.4 Å². The number of nitrogens with one attached hydrogen (secondary N) is 2. The van der Waals surface area contributed by atoms with E-state index in [4.69, 9.17) is 4.74 Å². The van der Waals surface area contributed by atoms with Crippen molar-refractivity contribution in [2.75, 3.05) is 7.11 Å². The maximum absolute atomic E-state index is 12.4. The maximum atomic E-state index is 12.4. The molecule has 0 spiro atoms. The summed E-state index contributed by atoms with van der Waals surface area (Å²) in [7, 11) is 1.72. The standard InChI is InChI=1S/C26H31N3O2/c1-31-22-8-6-7-20(15-22)26(13-4-5-14-26)27-16-19-17-29(18-25(30)28-21-11-12-21)24-10-3-2-9-23(19)24/h2-3,6-10,15,17,21,27H,4-5,11-14,16,18H2,1H3,(H,28,30). The Balaban J connectivity index is 1.39. The van der Waals surface area contributed by atoms with E-state index in [9.17, 15) is 4.79 Å². The molecule has 2 saturated carbocycles. The lowest BCUT2D eigenvalue weighted by molar-refractivity contribution is -0.121. The van der Waals surface area contributed by atoms with Gasteiger partial charge in [0.1, 0.15) is 12.3 Å². The lowest BCUT2D eigenvalue weighted by Gasteiger charge is -2.31. The van der Waals surface area contributed by atoms with Gasteiger partial charge in [-0.05, 0) is 55.0 Å². The van der Waals surface area contributed by atoms with E-state index in [0.29, 0.717) is 12.6 Å². The Morgan fingerprint density at radius 3 is 2.71 bits per heavy atom. The zero-order chi connectivity index (χ0) is 21.3. The molecule has 0 bridgehead atoms. The smallest absolute Gasteiger partial charge is 0.240 e. The van der Waals surface area contributed by atoms with Gasteiger partial charge >= 0.3 is 0 Å². The van der Waals surface area contributed by atoms with Crippen LogP contribution in [0.4, 0.5) is 0 Å². The average molecular weight is 418 g/mol. The molecule has 0 unspecified atom stereocenters. The number of benzene rings is 2. The molecule has 2 fully saturated rings. The molecule has 31 heavy (non-hydrogen) atoms. The SMILES string of the molecule is COc1cccc(C2(NCc3cn(CC(=O)NC4CC4)c4ccccc34)CCCC2)c1. The number of methoxy groups -OCH3 is 1. The van der Waals surface area contributed by atoms with Crippen molar-refractivity contribution >= 4 is 16.8 Å². The summed E-state index contributed by atoms with van der Waals surface area (Å²) in [5.74, 6) is 1.01. The van der Waals surface area contributed by atoms with Crippen molar-refractivity contribution in [3.05, 3.63) is 65.9 Å². The fourth-order valence-corrected chi connectivity index (χ4v) is 4.98. The molecule has 2 aromatic carbocycles. The van der Waals surface area contributed by atoms with E-state index in [1.54, 1.807) is 7.11 Å². The molecule has 5 nitrogen and oxygen atoms in total. The highest BCUT2D eigenvalue weighted by Gasteiger charge is 2.35. The zero-order valence-electron chi connectivity index (χ0n) is 18.2. The Bertz CT molecular complexity index is 1080. The van der Waals surface area contributed by atoms with Crippen molar-refractivity contribution in [1.82, 2.24) is 15.2 Å². The van der Waals surface area contributed by atoms with Crippen molar-refractivity contribution in [3.8, 4) is 5.75 Å². The minimum Gasteiger partial charge on any atom is -0.497 e. The van der Waals surface area contributed by atoms with Gasteiger partial charge in [0.15, 0.2) is 0 Å². The Labute approximate surface area is 183 Å². The topological polar surface area (TPSA) is 55.3 Å². The molecule has 1 amide bonds. The Hall–Kier alpha value is -2.79. The first kappa shape index (κ1) is 20.1. The number of hydrogen-bond acceptors (Lipinski definition) is 3. The number of carbonyl (C=O) groups is 1. The molecule has 5 rings (SSSR count). The van der Waals surface area contributed by atoms with Crippen LogP contribution < -0.4 is 15.4 Å².